The van der Waals surface area contributed by atoms with E-state index in [9.17, 15) is 0 Å². The Morgan fingerprint density at radius 3 is 2.57 bits per heavy atom. The molecular formula is C19H29NO. The average Bonchev–Trinajstić information content (AvgIpc) is 2.83. The average molecular weight is 287 g/mol. The lowest BCUT2D eigenvalue weighted by Gasteiger charge is -2.44. The molecule has 0 amide bonds. The summed E-state index contributed by atoms with van der Waals surface area (Å²) >= 11 is 0. The van der Waals surface area contributed by atoms with Crippen LogP contribution in [-0.2, 0) is 6.42 Å². The minimum absolute atomic E-state index is 0.303. The first kappa shape index (κ1) is 14.9. The molecule has 2 aliphatic rings. The first-order valence-corrected chi connectivity index (χ1v) is 8.38. The molecule has 1 aromatic rings. The highest BCUT2D eigenvalue weighted by Crippen LogP contribution is 2.48. The number of benzene rings is 1. The molecule has 1 fully saturated rings. The largest absolute Gasteiger partial charge is 0.490 e. The van der Waals surface area contributed by atoms with Crippen molar-refractivity contribution < 1.29 is 4.74 Å². The van der Waals surface area contributed by atoms with Gasteiger partial charge in [-0.3, -0.25) is 0 Å². The highest BCUT2D eigenvalue weighted by Gasteiger charge is 2.40. The zero-order chi connectivity index (χ0) is 15.1. The van der Waals surface area contributed by atoms with Crippen LogP contribution in [0.3, 0.4) is 0 Å². The van der Waals surface area contributed by atoms with Crippen molar-refractivity contribution in [2.75, 3.05) is 6.54 Å². The minimum Gasteiger partial charge on any atom is -0.490 e. The first-order chi connectivity index (χ1) is 9.91. The lowest BCUT2D eigenvalue weighted by molar-refractivity contribution is 0.0601. The van der Waals surface area contributed by atoms with Crippen LogP contribution in [0.1, 0.15) is 57.1 Å². The van der Waals surface area contributed by atoms with Crippen LogP contribution in [0.15, 0.2) is 18.2 Å². The number of hydrogen-bond donors (Lipinski definition) is 1. The second-order valence-corrected chi connectivity index (χ2v) is 8.13. The third-order valence-corrected chi connectivity index (χ3v) is 5.72. The van der Waals surface area contributed by atoms with E-state index in [1.807, 2.05) is 0 Å². The maximum atomic E-state index is 6.19. The number of fused-ring (bicyclic) bond motifs is 1. The Bertz CT molecular complexity index is 510. The Balaban J connectivity index is 1.67. The van der Waals surface area contributed by atoms with Crippen molar-refractivity contribution in [3.05, 3.63) is 29.3 Å². The minimum atomic E-state index is 0.303. The summed E-state index contributed by atoms with van der Waals surface area (Å²) in [6.45, 7) is 7.73. The number of aryl methyl sites for hydroxylation is 1. The molecule has 0 spiro atoms. The summed E-state index contributed by atoms with van der Waals surface area (Å²) < 4.78 is 6.19. The summed E-state index contributed by atoms with van der Waals surface area (Å²) in [4.78, 5) is 0. The third kappa shape index (κ3) is 3.11. The fourth-order valence-corrected chi connectivity index (χ4v) is 3.99. The van der Waals surface area contributed by atoms with Gasteiger partial charge in [0.2, 0.25) is 0 Å². The second kappa shape index (κ2) is 5.31. The van der Waals surface area contributed by atoms with Gasteiger partial charge < -0.3 is 10.5 Å². The lowest BCUT2D eigenvalue weighted by atomic mass is 9.63. The summed E-state index contributed by atoms with van der Waals surface area (Å²) in [5, 5.41) is 0. The molecule has 0 radical (unpaired) electrons. The van der Waals surface area contributed by atoms with Gasteiger partial charge in [-0.25, -0.2) is 0 Å². The molecule has 1 heterocycles. The summed E-state index contributed by atoms with van der Waals surface area (Å²) in [6, 6.07) is 6.54. The van der Waals surface area contributed by atoms with E-state index in [2.05, 4.69) is 39.0 Å². The molecule has 0 bridgehead atoms. The fraction of sp³-hybridized carbons (Fsp3) is 0.684. The van der Waals surface area contributed by atoms with E-state index < -0.39 is 0 Å². The van der Waals surface area contributed by atoms with Gasteiger partial charge in [-0.15, -0.1) is 0 Å². The number of rotatable bonds is 3. The Morgan fingerprint density at radius 1 is 1.19 bits per heavy atom. The summed E-state index contributed by atoms with van der Waals surface area (Å²) in [5.41, 5.74) is 9.68. The molecule has 1 aliphatic carbocycles. The lowest BCUT2D eigenvalue weighted by Crippen LogP contribution is -2.40. The molecule has 116 valence electrons. The molecule has 1 unspecified atom stereocenters. The highest BCUT2D eigenvalue weighted by molar-refractivity contribution is 5.40. The summed E-state index contributed by atoms with van der Waals surface area (Å²) in [5.74, 6) is 1.09. The first-order valence-electron chi connectivity index (χ1n) is 8.38. The van der Waals surface area contributed by atoms with E-state index in [0.717, 1.165) is 25.1 Å². The smallest absolute Gasteiger partial charge is 0.123 e. The number of hydrogen-bond acceptors (Lipinski definition) is 2. The molecule has 2 N–H and O–H groups in total. The van der Waals surface area contributed by atoms with Gasteiger partial charge in [0, 0.05) is 6.42 Å². The van der Waals surface area contributed by atoms with Crippen molar-refractivity contribution >= 4 is 0 Å². The molecule has 1 atom stereocenters. The van der Waals surface area contributed by atoms with Gasteiger partial charge in [0.15, 0.2) is 0 Å². The van der Waals surface area contributed by atoms with Crippen molar-refractivity contribution in [2.45, 2.75) is 65.4 Å². The van der Waals surface area contributed by atoms with Gasteiger partial charge in [0.1, 0.15) is 11.9 Å². The monoisotopic (exact) mass is 287 g/mol. The van der Waals surface area contributed by atoms with E-state index >= 15 is 0 Å². The van der Waals surface area contributed by atoms with E-state index in [0.29, 0.717) is 16.9 Å². The van der Waals surface area contributed by atoms with E-state index in [1.54, 1.807) is 0 Å². The van der Waals surface area contributed by atoms with Crippen LogP contribution in [0.5, 0.6) is 5.75 Å². The van der Waals surface area contributed by atoms with Crippen molar-refractivity contribution in [3.8, 4) is 5.75 Å². The molecule has 3 rings (SSSR count). The van der Waals surface area contributed by atoms with Crippen LogP contribution in [0.2, 0.25) is 0 Å². The summed E-state index contributed by atoms with van der Waals surface area (Å²) in [6.07, 6.45) is 7.60. The molecule has 21 heavy (non-hydrogen) atoms. The molecule has 1 aromatic carbocycles. The number of nitrogens with two attached hydrogens (primary N) is 1. The predicted octanol–water partition coefficient (Wildman–Crippen LogP) is 4.23. The normalized spacial score (nSPS) is 26.2. The topological polar surface area (TPSA) is 35.2 Å². The highest BCUT2D eigenvalue weighted by atomic mass is 16.5. The van der Waals surface area contributed by atoms with Crippen molar-refractivity contribution in [1.29, 1.82) is 0 Å². The zero-order valence-corrected chi connectivity index (χ0v) is 13.7. The Morgan fingerprint density at radius 2 is 1.90 bits per heavy atom. The predicted molar refractivity (Wildman–Crippen MR) is 87.7 cm³/mol. The van der Waals surface area contributed by atoms with E-state index in [4.69, 9.17) is 10.5 Å². The number of ether oxygens (including phenoxy) is 1. The van der Waals surface area contributed by atoms with Gasteiger partial charge in [-0.1, -0.05) is 31.5 Å². The molecule has 0 aromatic heterocycles. The Hall–Kier alpha value is -1.02. The third-order valence-electron chi connectivity index (χ3n) is 5.72. The summed E-state index contributed by atoms with van der Waals surface area (Å²) in [7, 11) is 0. The second-order valence-electron chi connectivity index (χ2n) is 8.13. The van der Waals surface area contributed by atoms with Gasteiger partial charge in [-0.2, -0.15) is 0 Å². The fourth-order valence-electron chi connectivity index (χ4n) is 3.99. The molecule has 2 nitrogen and oxygen atoms in total. The van der Waals surface area contributed by atoms with Crippen molar-refractivity contribution in [2.24, 2.45) is 16.6 Å². The van der Waals surface area contributed by atoms with Crippen LogP contribution < -0.4 is 10.5 Å². The van der Waals surface area contributed by atoms with E-state index in [-0.39, 0.29) is 0 Å². The SMILES string of the molecule is Cc1ccc2c(c1)CC(CC1(CN)CCC(C)(C)CC1)O2. The molecule has 2 heteroatoms. The van der Waals surface area contributed by atoms with Crippen LogP contribution >= 0.6 is 0 Å². The van der Waals surface area contributed by atoms with Crippen molar-refractivity contribution in [3.63, 3.8) is 0 Å². The van der Waals surface area contributed by atoms with Crippen LogP contribution in [-0.4, -0.2) is 12.6 Å². The van der Waals surface area contributed by atoms with Crippen LogP contribution in [0, 0.1) is 17.8 Å². The Kier molecular flexibility index (Phi) is 3.77. The van der Waals surface area contributed by atoms with Gasteiger partial charge in [-0.05, 0) is 68.0 Å². The zero-order valence-electron chi connectivity index (χ0n) is 13.7. The van der Waals surface area contributed by atoms with Crippen LogP contribution in [0.4, 0.5) is 0 Å². The van der Waals surface area contributed by atoms with Gasteiger partial charge in [0.25, 0.3) is 0 Å². The van der Waals surface area contributed by atoms with Gasteiger partial charge >= 0.3 is 0 Å². The van der Waals surface area contributed by atoms with Crippen molar-refractivity contribution in [1.82, 2.24) is 0 Å². The van der Waals surface area contributed by atoms with E-state index in [1.165, 1.54) is 36.8 Å². The maximum Gasteiger partial charge on any atom is 0.123 e. The standard InChI is InChI=1S/C19H29NO/c1-14-4-5-17-15(10-14)11-16(21-17)12-19(13-20)8-6-18(2,3)7-9-19/h4-5,10,16H,6-9,11-13,20H2,1-3H3. The maximum absolute atomic E-state index is 6.19. The van der Waals surface area contributed by atoms with Gasteiger partial charge in [0.05, 0.1) is 0 Å². The quantitative estimate of drug-likeness (QED) is 0.902. The molecule has 1 saturated carbocycles. The molecule has 0 saturated heterocycles. The van der Waals surface area contributed by atoms with Crippen LogP contribution in [0.25, 0.3) is 0 Å². The molecular weight excluding hydrogens is 258 g/mol. The Labute approximate surface area is 129 Å². The molecule has 1 aliphatic heterocycles.